The van der Waals surface area contributed by atoms with Gasteiger partial charge in [0.25, 0.3) is 5.91 Å². The number of nitrogens with one attached hydrogen (secondary N) is 1. The minimum absolute atomic E-state index is 0.121. The smallest absolute Gasteiger partial charge is 0.251 e. The number of aryl methyl sites for hydroxylation is 1. The molecule has 1 aromatic heterocycles. The lowest BCUT2D eigenvalue weighted by atomic mass is 10.0. The van der Waals surface area contributed by atoms with Crippen molar-refractivity contribution < 1.29 is 4.79 Å². The topological polar surface area (TPSA) is 54.4 Å². The van der Waals surface area contributed by atoms with Crippen LogP contribution in [-0.4, -0.2) is 16.6 Å². The van der Waals surface area contributed by atoms with E-state index < -0.39 is 0 Å². The molecule has 5 heteroatoms. The van der Waals surface area contributed by atoms with E-state index in [1.54, 1.807) is 18.0 Å². The minimum Gasteiger partial charge on any atom is -0.346 e. The van der Waals surface area contributed by atoms with Crippen LogP contribution in [0.4, 0.5) is 5.69 Å². The zero-order valence-electron chi connectivity index (χ0n) is 15.9. The molecule has 0 atom stereocenters. The van der Waals surface area contributed by atoms with Gasteiger partial charge in [-0.25, -0.2) is 0 Å². The summed E-state index contributed by atoms with van der Waals surface area (Å²) in [6.07, 6.45) is 2.56. The van der Waals surface area contributed by atoms with Gasteiger partial charge in [0.05, 0.1) is 17.9 Å². The quantitative estimate of drug-likeness (QED) is 0.659. The SMILES string of the molecule is CCC1=Nc2cc(C(=O)NCc3ccccn3)ccc2Sc2ccc(C)cc21. The van der Waals surface area contributed by atoms with Crippen molar-refractivity contribution >= 4 is 29.1 Å². The zero-order valence-corrected chi connectivity index (χ0v) is 16.7. The number of pyridine rings is 1. The number of amides is 1. The zero-order chi connectivity index (χ0) is 19.5. The lowest BCUT2D eigenvalue weighted by Gasteiger charge is -2.08. The summed E-state index contributed by atoms with van der Waals surface area (Å²) in [7, 11) is 0. The van der Waals surface area contributed by atoms with Crippen molar-refractivity contribution in [2.75, 3.05) is 0 Å². The first-order valence-electron chi connectivity index (χ1n) is 9.32. The van der Waals surface area contributed by atoms with Gasteiger partial charge < -0.3 is 5.32 Å². The fourth-order valence-corrected chi connectivity index (χ4v) is 4.16. The third kappa shape index (κ3) is 3.85. The number of hydrogen-bond donors (Lipinski definition) is 1. The van der Waals surface area contributed by atoms with E-state index in [4.69, 9.17) is 4.99 Å². The number of aliphatic imine (C=N–C) groups is 1. The average Bonchev–Trinajstić information content (AvgIpc) is 2.88. The van der Waals surface area contributed by atoms with Crippen molar-refractivity contribution in [3.05, 3.63) is 83.2 Å². The molecule has 140 valence electrons. The van der Waals surface area contributed by atoms with Crippen molar-refractivity contribution in [1.82, 2.24) is 10.3 Å². The molecule has 0 bridgehead atoms. The van der Waals surface area contributed by atoms with Crippen molar-refractivity contribution in [3.8, 4) is 0 Å². The summed E-state index contributed by atoms with van der Waals surface area (Å²) < 4.78 is 0. The first kappa shape index (κ1) is 18.4. The molecule has 2 heterocycles. The maximum Gasteiger partial charge on any atom is 0.251 e. The number of fused-ring (bicyclic) bond motifs is 2. The summed E-state index contributed by atoms with van der Waals surface area (Å²) in [6, 6.07) is 17.9. The second kappa shape index (κ2) is 7.98. The largest absolute Gasteiger partial charge is 0.346 e. The van der Waals surface area contributed by atoms with E-state index in [1.807, 2.05) is 36.4 Å². The summed E-state index contributed by atoms with van der Waals surface area (Å²) in [5, 5.41) is 2.93. The van der Waals surface area contributed by atoms with Crippen LogP contribution in [0.15, 0.2) is 75.6 Å². The third-order valence-corrected chi connectivity index (χ3v) is 5.77. The maximum atomic E-state index is 12.6. The Hall–Kier alpha value is -2.92. The number of hydrogen-bond acceptors (Lipinski definition) is 4. The van der Waals surface area contributed by atoms with Crippen LogP contribution in [0.1, 0.15) is 40.5 Å². The molecule has 1 N–H and O–H groups in total. The first-order chi connectivity index (χ1) is 13.6. The van der Waals surface area contributed by atoms with E-state index >= 15 is 0 Å². The van der Waals surface area contributed by atoms with Gasteiger partial charge in [0.1, 0.15) is 0 Å². The molecule has 0 unspecified atom stereocenters. The van der Waals surface area contributed by atoms with Gasteiger partial charge in [-0.15, -0.1) is 0 Å². The van der Waals surface area contributed by atoms with E-state index in [0.717, 1.165) is 28.4 Å². The third-order valence-electron chi connectivity index (χ3n) is 4.63. The van der Waals surface area contributed by atoms with E-state index in [9.17, 15) is 4.79 Å². The van der Waals surface area contributed by atoms with E-state index in [2.05, 4.69) is 42.3 Å². The Balaban J connectivity index is 1.62. The number of rotatable bonds is 4. The Labute approximate surface area is 169 Å². The summed E-state index contributed by atoms with van der Waals surface area (Å²) in [6.45, 7) is 4.62. The predicted molar refractivity (Wildman–Crippen MR) is 114 cm³/mol. The molecule has 0 saturated heterocycles. The van der Waals surface area contributed by atoms with Crippen molar-refractivity contribution in [2.45, 2.75) is 36.6 Å². The standard InChI is InChI=1S/C23H21N3OS/c1-3-19-18-12-15(2)7-9-21(18)28-22-10-8-16(13-20(22)26-19)23(27)25-14-17-6-4-5-11-24-17/h4-13H,3,14H2,1-2H3,(H,25,27). The highest BCUT2D eigenvalue weighted by molar-refractivity contribution is 7.99. The van der Waals surface area contributed by atoms with Gasteiger partial charge in [0.15, 0.2) is 0 Å². The average molecular weight is 388 g/mol. The van der Waals surface area contributed by atoms with E-state index in [-0.39, 0.29) is 5.91 Å². The Kier molecular flexibility index (Phi) is 5.26. The number of carbonyl (C=O) groups is 1. The van der Waals surface area contributed by atoms with Crippen LogP contribution in [0.3, 0.4) is 0 Å². The molecule has 3 aromatic rings. The molecule has 28 heavy (non-hydrogen) atoms. The van der Waals surface area contributed by atoms with Gasteiger partial charge in [-0.1, -0.05) is 36.4 Å². The Morgan fingerprint density at radius 3 is 2.71 bits per heavy atom. The first-order valence-corrected chi connectivity index (χ1v) is 10.1. The molecule has 0 saturated carbocycles. The van der Waals surface area contributed by atoms with Crippen LogP contribution in [-0.2, 0) is 6.54 Å². The highest BCUT2D eigenvalue weighted by Crippen LogP contribution is 2.41. The van der Waals surface area contributed by atoms with Crippen LogP contribution >= 0.6 is 11.8 Å². The highest BCUT2D eigenvalue weighted by Gasteiger charge is 2.18. The fourth-order valence-electron chi connectivity index (χ4n) is 3.16. The lowest BCUT2D eigenvalue weighted by molar-refractivity contribution is 0.0950. The van der Waals surface area contributed by atoms with Crippen LogP contribution < -0.4 is 5.32 Å². The Bertz CT molecular complexity index is 1060. The van der Waals surface area contributed by atoms with Gasteiger partial charge in [-0.05, 0) is 55.8 Å². The molecule has 0 aliphatic carbocycles. The van der Waals surface area contributed by atoms with Gasteiger partial charge in [0.2, 0.25) is 0 Å². The molecule has 0 fully saturated rings. The molecule has 1 aliphatic heterocycles. The number of nitrogens with zero attached hydrogens (tertiary/aromatic N) is 2. The molecule has 0 radical (unpaired) electrons. The summed E-state index contributed by atoms with van der Waals surface area (Å²) >= 11 is 1.71. The number of benzene rings is 2. The van der Waals surface area contributed by atoms with Gasteiger partial charge in [-0.2, -0.15) is 0 Å². The molecule has 1 aliphatic rings. The van der Waals surface area contributed by atoms with Crippen LogP contribution in [0.25, 0.3) is 0 Å². The predicted octanol–water partition coefficient (Wildman–Crippen LogP) is 5.32. The fraction of sp³-hybridized carbons (Fsp3) is 0.174. The summed E-state index contributed by atoms with van der Waals surface area (Å²) in [5.41, 5.74) is 5.75. The molecule has 4 rings (SSSR count). The summed E-state index contributed by atoms with van der Waals surface area (Å²) in [4.78, 5) is 24.0. The molecule has 2 aromatic carbocycles. The highest BCUT2D eigenvalue weighted by atomic mass is 32.2. The van der Waals surface area contributed by atoms with E-state index in [0.29, 0.717) is 12.1 Å². The monoisotopic (exact) mass is 387 g/mol. The summed E-state index contributed by atoms with van der Waals surface area (Å²) in [5.74, 6) is -0.121. The Morgan fingerprint density at radius 2 is 1.93 bits per heavy atom. The van der Waals surface area contributed by atoms with Crippen molar-refractivity contribution in [1.29, 1.82) is 0 Å². The maximum absolute atomic E-state index is 12.6. The lowest BCUT2D eigenvalue weighted by Crippen LogP contribution is -2.23. The van der Waals surface area contributed by atoms with Crippen molar-refractivity contribution in [2.24, 2.45) is 4.99 Å². The minimum atomic E-state index is -0.121. The van der Waals surface area contributed by atoms with Crippen LogP contribution in [0.5, 0.6) is 0 Å². The molecule has 1 amide bonds. The second-order valence-corrected chi connectivity index (χ2v) is 7.78. The van der Waals surface area contributed by atoms with E-state index in [1.165, 1.54) is 16.0 Å². The second-order valence-electron chi connectivity index (χ2n) is 6.70. The van der Waals surface area contributed by atoms with Gasteiger partial charge in [-0.3, -0.25) is 14.8 Å². The van der Waals surface area contributed by atoms with Crippen LogP contribution in [0, 0.1) is 6.92 Å². The normalized spacial score (nSPS) is 12.4. The molecular formula is C23H21N3OS. The van der Waals surface area contributed by atoms with Crippen molar-refractivity contribution in [3.63, 3.8) is 0 Å². The van der Waals surface area contributed by atoms with Gasteiger partial charge in [0, 0.05) is 32.8 Å². The Morgan fingerprint density at radius 1 is 1.07 bits per heavy atom. The number of carbonyl (C=O) groups excluding carboxylic acids is 1. The molecule has 4 nitrogen and oxygen atoms in total. The molecular weight excluding hydrogens is 366 g/mol. The number of aromatic nitrogens is 1. The molecule has 0 spiro atoms. The van der Waals surface area contributed by atoms with Gasteiger partial charge >= 0.3 is 0 Å². The van der Waals surface area contributed by atoms with Crippen LogP contribution in [0.2, 0.25) is 0 Å².